The summed E-state index contributed by atoms with van der Waals surface area (Å²) in [5.41, 5.74) is 2.69. The molecule has 0 saturated carbocycles. The summed E-state index contributed by atoms with van der Waals surface area (Å²) in [4.78, 5) is 24.9. The molecule has 0 atom stereocenters. The maximum atomic E-state index is 12.0. The second kappa shape index (κ2) is 9.25. The van der Waals surface area contributed by atoms with E-state index >= 15 is 0 Å². The normalized spacial score (nSPS) is 11.3. The molecule has 0 fully saturated rings. The number of sulfonamides is 1. The Balaban J connectivity index is 1.59. The summed E-state index contributed by atoms with van der Waals surface area (Å²) in [6.45, 7) is 1.94. The molecule has 0 unspecified atom stereocenters. The van der Waals surface area contributed by atoms with E-state index in [1.165, 1.54) is 0 Å². The van der Waals surface area contributed by atoms with E-state index in [0.29, 0.717) is 35.1 Å². The quantitative estimate of drug-likeness (QED) is 0.365. The predicted octanol–water partition coefficient (Wildman–Crippen LogP) is 2.74. The van der Waals surface area contributed by atoms with E-state index in [4.69, 9.17) is 0 Å². The SMILES string of the molecule is CCS(=O)(=O)Nc1ncccc1Cn1ccc2cnc(Nc3ccc(C(=O)NC)cc3)nc21. The Hall–Kier alpha value is -3.99. The number of nitrogens with zero attached hydrogens (tertiary/aromatic N) is 4. The summed E-state index contributed by atoms with van der Waals surface area (Å²) in [5, 5.41) is 6.57. The Morgan fingerprint density at radius 2 is 1.88 bits per heavy atom. The van der Waals surface area contributed by atoms with E-state index in [0.717, 1.165) is 11.1 Å². The highest BCUT2D eigenvalue weighted by atomic mass is 32.2. The number of nitrogens with one attached hydrogen (secondary N) is 3. The summed E-state index contributed by atoms with van der Waals surface area (Å²) < 4.78 is 28.5. The first-order valence-electron chi connectivity index (χ1n) is 10.2. The molecule has 0 radical (unpaired) electrons. The minimum absolute atomic E-state index is 0.0399. The third kappa shape index (κ3) is 5.09. The van der Waals surface area contributed by atoms with Gasteiger partial charge >= 0.3 is 0 Å². The second-order valence-electron chi connectivity index (χ2n) is 7.21. The van der Waals surface area contributed by atoms with Crippen LogP contribution in [0, 0.1) is 0 Å². The van der Waals surface area contributed by atoms with Crippen LogP contribution in [0.25, 0.3) is 11.0 Å². The van der Waals surface area contributed by atoms with Gasteiger partial charge < -0.3 is 15.2 Å². The number of pyridine rings is 1. The molecule has 1 aromatic carbocycles. The molecule has 33 heavy (non-hydrogen) atoms. The second-order valence-corrected chi connectivity index (χ2v) is 9.23. The third-order valence-corrected chi connectivity index (χ3v) is 6.26. The lowest BCUT2D eigenvalue weighted by Crippen LogP contribution is -2.17. The van der Waals surface area contributed by atoms with Gasteiger partial charge in [0.05, 0.1) is 12.3 Å². The van der Waals surface area contributed by atoms with E-state index in [1.807, 2.05) is 22.9 Å². The molecule has 11 heteroatoms. The zero-order chi connectivity index (χ0) is 23.4. The van der Waals surface area contributed by atoms with Gasteiger partial charge in [-0.1, -0.05) is 6.07 Å². The van der Waals surface area contributed by atoms with Crippen LogP contribution < -0.4 is 15.4 Å². The van der Waals surface area contributed by atoms with Crippen molar-refractivity contribution in [1.82, 2.24) is 24.8 Å². The van der Waals surface area contributed by atoms with E-state index in [-0.39, 0.29) is 11.7 Å². The number of fused-ring (bicyclic) bond motifs is 1. The zero-order valence-corrected chi connectivity index (χ0v) is 18.9. The Morgan fingerprint density at radius 1 is 1.09 bits per heavy atom. The number of carbonyl (C=O) groups is 1. The van der Waals surface area contributed by atoms with E-state index in [1.54, 1.807) is 56.7 Å². The van der Waals surface area contributed by atoms with Gasteiger partial charge in [0.2, 0.25) is 16.0 Å². The number of benzene rings is 1. The van der Waals surface area contributed by atoms with Crippen molar-refractivity contribution in [3.8, 4) is 0 Å². The number of rotatable bonds is 8. The van der Waals surface area contributed by atoms with Crippen LogP contribution in [0.3, 0.4) is 0 Å². The fraction of sp³-hybridized carbons (Fsp3) is 0.182. The molecule has 0 spiro atoms. The van der Waals surface area contributed by atoms with Gasteiger partial charge in [0.1, 0.15) is 11.5 Å². The van der Waals surface area contributed by atoms with Crippen molar-refractivity contribution < 1.29 is 13.2 Å². The Labute approximate surface area is 191 Å². The van der Waals surface area contributed by atoms with Gasteiger partial charge in [0, 0.05) is 47.8 Å². The topological polar surface area (TPSA) is 131 Å². The lowest BCUT2D eigenvalue weighted by Gasteiger charge is -2.12. The Kier molecular flexibility index (Phi) is 6.22. The number of amides is 1. The van der Waals surface area contributed by atoms with Crippen molar-refractivity contribution in [2.45, 2.75) is 13.5 Å². The Bertz CT molecular complexity index is 1400. The largest absolute Gasteiger partial charge is 0.355 e. The van der Waals surface area contributed by atoms with Gasteiger partial charge in [-0.25, -0.2) is 18.4 Å². The van der Waals surface area contributed by atoms with Gasteiger partial charge in [-0.2, -0.15) is 4.98 Å². The molecule has 10 nitrogen and oxygen atoms in total. The lowest BCUT2D eigenvalue weighted by atomic mass is 10.2. The molecular weight excluding hydrogens is 442 g/mol. The summed E-state index contributed by atoms with van der Waals surface area (Å²) >= 11 is 0. The van der Waals surface area contributed by atoms with Crippen LogP contribution in [-0.4, -0.2) is 46.6 Å². The van der Waals surface area contributed by atoms with Crippen LogP contribution in [-0.2, 0) is 16.6 Å². The smallest absolute Gasteiger partial charge is 0.251 e. The summed E-state index contributed by atoms with van der Waals surface area (Å²) in [7, 11) is -1.87. The van der Waals surface area contributed by atoms with E-state index < -0.39 is 10.0 Å². The number of aromatic nitrogens is 4. The monoisotopic (exact) mass is 465 g/mol. The molecule has 4 aromatic rings. The molecule has 0 aliphatic carbocycles. The summed E-state index contributed by atoms with van der Waals surface area (Å²) in [6.07, 6.45) is 5.13. The molecule has 4 rings (SSSR count). The average Bonchev–Trinajstić information content (AvgIpc) is 3.22. The molecule has 3 heterocycles. The minimum Gasteiger partial charge on any atom is -0.355 e. The summed E-state index contributed by atoms with van der Waals surface area (Å²) in [5.74, 6) is 0.494. The number of carbonyl (C=O) groups excluding carboxylic acids is 1. The lowest BCUT2D eigenvalue weighted by molar-refractivity contribution is 0.0963. The first-order valence-corrected chi connectivity index (χ1v) is 11.9. The van der Waals surface area contributed by atoms with Gasteiger partial charge in [-0.05, 0) is 43.3 Å². The molecule has 0 aliphatic rings. The van der Waals surface area contributed by atoms with Crippen LogP contribution in [0.15, 0.2) is 61.1 Å². The molecule has 3 aromatic heterocycles. The van der Waals surface area contributed by atoms with Crippen molar-refractivity contribution in [1.29, 1.82) is 0 Å². The molecular formula is C22H23N7O3S. The fourth-order valence-electron chi connectivity index (χ4n) is 3.20. The van der Waals surface area contributed by atoms with Crippen LogP contribution in [0.1, 0.15) is 22.8 Å². The number of hydrogen-bond acceptors (Lipinski definition) is 7. The van der Waals surface area contributed by atoms with Gasteiger partial charge in [-0.3, -0.25) is 9.52 Å². The highest BCUT2D eigenvalue weighted by Crippen LogP contribution is 2.21. The first-order chi connectivity index (χ1) is 15.9. The van der Waals surface area contributed by atoms with Crippen molar-refractivity contribution in [2.24, 2.45) is 0 Å². The summed E-state index contributed by atoms with van der Waals surface area (Å²) in [6, 6.07) is 12.4. The van der Waals surface area contributed by atoms with Crippen LogP contribution >= 0.6 is 0 Å². The van der Waals surface area contributed by atoms with Gasteiger partial charge in [0.15, 0.2) is 0 Å². The van der Waals surface area contributed by atoms with E-state index in [9.17, 15) is 13.2 Å². The fourth-order valence-corrected chi connectivity index (χ4v) is 3.82. The van der Waals surface area contributed by atoms with Crippen molar-refractivity contribution in [3.63, 3.8) is 0 Å². The molecule has 0 bridgehead atoms. The highest BCUT2D eigenvalue weighted by molar-refractivity contribution is 7.92. The molecule has 1 amide bonds. The van der Waals surface area contributed by atoms with Crippen molar-refractivity contribution in [2.75, 3.05) is 22.8 Å². The third-order valence-electron chi connectivity index (χ3n) is 5.00. The van der Waals surface area contributed by atoms with Gasteiger partial charge in [-0.15, -0.1) is 0 Å². The molecule has 170 valence electrons. The maximum Gasteiger partial charge on any atom is 0.251 e. The van der Waals surface area contributed by atoms with Crippen molar-refractivity contribution in [3.05, 3.63) is 72.2 Å². The van der Waals surface area contributed by atoms with E-state index in [2.05, 4.69) is 30.3 Å². The van der Waals surface area contributed by atoms with Gasteiger partial charge in [0.25, 0.3) is 5.91 Å². The minimum atomic E-state index is -3.45. The van der Waals surface area contributed by atoms with Crippen LogP contribution in [0.5, 0.6) is 0 Å². The van der Waals surface area contributed by atoms with Crippen LogP contribution in [0.4, 0.5) is 17.5 Å². The number of hydrogen-bond donors (Lipinski definition) is 3. The molecule has 0 aliphatic heterocycles. The van der Waals surface area contributed by atoms with Crippen LogP contribution in [0.2, 0.25) is 0 Å². The standard InChI is InChI=1S/C22H23N7O3S/c1-3-33(31,32)28-19-17(5-4-11-24-19)14-29-12-10-16-13-25-22(27-20(16)29)26-18-8-6-15(7-9-18)21(30)23-2/h4-13H,3,14H2,1-2H3,(H,23,30)(H,24,28)(H,25,26,27). The molecule has 3 N–H and O–H groups in total. The Morgan fingerprint density at radius 3 is 2.61 bits per heavy atom. The zero-order valence-electron chi connectivity index (χ0n) is 18.1. The first kappa shape index (κ1) is 22.2. The highest BCUT2D eigenvalue weighted by Gasteiger charge is 2.13. The maximum absolute atomic E-state index is 12.0. The average molecular weight is 466 g/mol. The molecule has 0 saturated heterocycles. The number of anilines is 3. The van der Waals surface area contributed by atoms with Crippen molar-refractivity contribution >= 4 is 44.4 Å². The predicted molar refractivity (Wildman–Crippen MR) is 127 cm³/mol.